The van der Waals surface area contributed by atoms with Gasteiger partial charge in [0.25, 0.3) is 5.91 Å². The van der Waals surface area contributed by atoms with E-state index in [0.29, 0.717) is 11.8 Å². The van der Waals surface area contributed by atoms with Crippen molar-refractivity contribution in [2.75, 3.05) is 11.9 Å². The topological polar surface area (TPSA) is 53.5 Å². The Hall–Kier alpha value is -2.10. The van der Waals surface area contributed by atoms with Crippen LogP contribution in [0.1, 0.15) is 12.8 Å². The Morgan fingerprint density at radius 2 is 2.16 bits per heavy atom. The highest BCUT2D eigenvalue weighted by Gasteiger charge is 2.37. The van der Waals surface area contributed by atoms with Crippen molar-refractivity contribution in [2.24, 2.45) is 16.9 Å². The molecule has 2 N–H and O–H groups in total. The Morgan fingerprint density at radius 1 is 1.32 bits per heavy atom. The SMILES string of the molecule is O=C(CNc1ccccc1)N/N=C1/C[C@H]2C=CC[C@@H]12. The van der Waals surface area contributed by atoms with E-state index >= 15 is 0 Å². The molecule has 1 amide bonds. The molecule has 1 fully saturated rings. The van der Waals surface area contributed by atoms with Crippen molar-refractivity contribution in [3.63, 3.8) is 0 Å². The van der Waals surface area contributed by atoms with Crippen LogP contribution in [0.25, 0.3) is 0 Å². The number of carbonyl (C=O) groups is 1. The lowest BCUT2D eigenvalue weighted by Gasteiger charge is -2.31. The number of benzene rings is 1. The third-order valence-electron chi connectivity index (χ3n) is 3.71. The second-order valence-electron chi connectivity index (χ2n) is 5.00. The molecule has 0 aliphatic heterocycles. The van der Waals surface area contributed by atoms with Gasteiger partial charge in [-0.1, -0.05) is 30.4 Å². The number of hydrogen-bond acceptors (Lipinski definition) is 3. The van der Waals surface area contributed by atoms with E-state index in [2.05, 4.69) is 28.0 Å². The minimum absolute atomic E-state index is 0.106. The van der Waals surface area contributed by atoms with E-state index in [1.165, 1.54) is 0 Å². The molecule has 98 valence electrons. The number of nitrogens with one attached hydrogen (secondary N) is 2. The highest BCUT2D eigenvalue weighted by Crippen LogP contribution is 2.39. The van der Waals surface area contributed by atoms with Crippen LogP contribution in [0.4, 0.5) is 5.69 Å². The third kappa shape index (κ3) is 2.67. The fraction of sp³-hybridized carbons (Fsp3) is 0.333. The summed E-state index contributed by atoms with van der Waals surface area (Å²) in [6.45, 7) is 0.243. The third-order valence-corrected chi connectivity index (χ3v) is 3.71. The maximum atomic E-state index is 11.7. The smallest absolute Gasteiger partial charge is 0.259 e. The van der Waals surface area contributed by atoms with Crippen molar-refractivity contribution in [1.29, 1.82) is 0 Å². The maximum Gasteiger partial charge on any atom is 0.259 e. The average Bonchev–Trinajstić information content (AvgIpc) is 2.79. The molecule has 0 aromatic heterocycles. The van der Waals surface area contributed by atoms with Gasteiger partial charge in [0.05, 0.1) is 6.54 Å². The summed E-state index contributed by atoms with van der Waals surface area (Å²) < 4.78 is 0. The Labute approximate surface area is 112 Å². The van der Waals surface area contributed by atoms with Gasteiger partial charge in [0.2, 0.25) is 0 Å². The predicted molar refractivity (Wildman–Crippen MR) is 75.9 cm³/mol. The Bertz CT molecular complexity index is 521. The summed E-state index contributed by atoms with van der Waals surface area (Å²) in [6.07, 6.45) is 6.52. The van der Waals surface area contributed by atoms with Crippen LogP contribution in [0.3, 0.4) is 0 Å². The first-order chi connectivity index (χ1) is 9.33. The molecule has 0 bridgehead atoms. The standard InChI is InChI=1S/C15H17N3O/c19-15(10-16-12-6-2-1-3-7-12)18-17-14-9-11-5-4-8-13(11)14/h1-7,11,13,16H,8-10H2,(H,18,19)/b17-14-/t11-,13-/m1/s1. The van der Waals surface area contributed by atoms with Crippen molar-refractivity contribution >= 4 is 17.3 Å². The number of allylic oxidation sites excluding steroid dienone is 2. The quantitative estimate of drug-likeness (QED) is 0.640. The van der Waals surface area contributed by atoms with Gasteiger partial charge in [-0.05, 0) is 30.9 Å². The normalized spacial score (nSPS) is 25.8. The summed E-state index contributed by atoms with van der Waals surface area (Å²) in [5.41, 5.74) is 4.69. The van der Waals surface area contributed by atoms with Gasteiger partial charge in [-0.15, -0.1) is 0 Å². The lowest BCUT2D eigenvalue weighted by atomic mass is 9.74. The first-order valence-electron chi connectivity index (χ1n) is 6.64. The van der Waals surface area contributed by atoms with Crippen LogP contribution in [0.15, 0.2) is 47.6 Å². The molecule has 0 unspecified atom stereocenters. The number of hydrogen-bond donors (Lipinski definition) is 2. The fourth-order valence-corrected chi connectivity index (χ4v) is 2.58. The summed E-state index contributed by atoms with van der Waals surface area (Å²) >= 11 is 0. The monoisotopic (exact) mass is 255 g/mol. The molecule has 1 aromatic carbocycles. The van der Waals surface area contributed by atoms with Crippen LogP contribution in [0, 0.1) is 11.8 Å². The van der Waals surface area contributed by atoms with Gasteiger partial charge < -0.3 is 5.32 Å². The van der Waals surface area contributed by atoms with E-state index in [9.17, 15) is 4.79 Å². The zero-order valence-electron chi connectivity index (χ0n) is 10.7. The number of fused-ring (bicyclic) bond motifs is 1. The number of para-hydroxylation sites is 1. The highest BCUT2D eigenvalue weighted by atomic mass is 16.2. The molecule has 2 atom stereocenters. The second kappa shape index (κ2) is 5.26. The van der Waals surface area contributed by atoms with Gasteiger partial charge in [-0.25, -0.2) is 5.43 Å². The summed E-state index contributed by atoms with van der Waals surface area (Å²) in [4.78, 5) is 11.7. The Balaban J connectivity index is 1.44. The maximum absolute atomic E-state index is 11.7. The van der Waals surface area contributed by atoms with Crippen LogP contribution in [0.2, 0.25) is 0 Å². The van der Waals surface area contributed by atoms with Gasteiger partial charge in [-0.2, -0.15) is 5.10 Å². The van der Waals surface area contributed by atoms with Crippen LogP contribution < -0.4 is 10.7 Å². The Kier molecular flexibility index (Phi) is 3.31. The molecular formula is C15H17N3O. The van der Waals surface area contributed by atoms with E-state index < -0.39 is 0 Å². The number of rotatable bonds is 4. The van der Waals surface area contributed by atoms with Crippen molar-refractivity contribution in [3.05, 3.63) is 42.5 Å². The van der Waals surface area contributed by atoms with Gasteiger partial charge in [0.1, 0.15) is 0 Å². The van der Waals surface area contributed by atoms with E-state index in [1.54, 1.807) is 0 Å². The first-order valence-corrected chi connectivity index (χ1v) is 6.64. The summed E-state index contributed by atoms with van der Waals surface area (Å²) in [5.74, 6) is 1.10. The molecule has 4 nitrogen and oxygen atoms in total. The van der Waals surface area contributed by atoms with Crippen molar-refractivity contribution < 1.29 is 4.79 Å². The molecule has 19 heavy (non-hydrogen) atoms. The fourth-order valence-electron chi connectivity index (χ4n) is 2.58. The number of anilines is 1. The number of nitrogens with zero attached hydrogens (tertiary/aromatic N) is 1. The minimum Gasteiger partial charge on any atom is -0.376 e. The highest BCUT2D eigenvalue weighted by molar-refractivity contribution is 5.95. The molecule has 2 aliphatic carbocycles. The zero-order valence-corrected chi connectivity index (χ0v) is 10.7. The van der Waals surface area contributed by atoms with Gasteiger partial charge in [0, 0.05) is 17.3 Å². The summed E-state index contributed by atoms with van der Waals surface area (Å²) in [6, 6.07) is 9.67. The van der Waals surface area contributed by atoms with E-state index in [0.717, 1.165) is 24.2 Å². The van der Waals surface area contributed by atoms with Crippen molar-refractivity contribution in [2.45, 2.75) is 12.8 Å². The molecule has 1 aromatic rings. The molecule has 0 saturated heterocycles. The number of hydrazone groups is 1. The number of carbonyl (C=O) groups excluding carboxylic acids is 1. The molecule has 0 spiro atoms. The molecule has 1 saturated carbocycles. The first kappa shape index (κ1) is 12.0. The van der Waals surface area contributed by atoms with Crippen LogP contribution in [-0.2, 0) is 4.79 Å². The molecule has 0 heterocycles. The molecule has 2 aliphatic rings. The van der Waals surface area contributed by atoms with Crippen molar-refractivity contribution in [1.82, 2.24) is 5.43 Å². The van der Waals surface area contributed by atoms with Gasteiger partial charge in [-0.3, -0.25) is 4.79 Å². The van der Waals surface area contributed by atoms with E-state index in [-0.39, 0.29) is 12.5 Å². The van der Waals surface area contributed by atoms with E-state index in [4.69, 9.17) is 0 Å². The van der Waals surface area contributed by atoms with Crippen LogP contribution in [0.5, 0.6) is 0 Å². The minimum atomic E-state index is -0.106. The lowest BCUT2D eigenvalue weighted by molar-refractivity contribution is -0.119. The molecule has 4 heteroatoms. The number of amides is 1. The summed E-state index contributed by atoms with van der Waals surface area (Å²) in [7, 11) is 0. The Morgan fingerprint density at radius 3 is 2.95 bits per heavy atom. The van der Waals surface area contributed by atoms with Crippen LogP contribution >= 0.6 is 0 Å². The van der Waals surface area contributed by atoms with Gasteiger partial charge in [0.15, 0.2) is 0 Å². The average molecular weight is 255 g/mol. The van der Waals surface area contributed by atoms with Gasteiger partial charge >= 0.3 is 0 Å². The predicted octanol–water partition coefficient (Wildman–Crippen LogP) is 2.17. The largest absolute Gasteiger partial charge is 0.376 e. The molecule has 3 rings (SSSR count). The van der Waals surface area contributed by atoms with Crippen LogP contribution in [-0.4, -0.2) is 18.2 Å². The zero-order chi connectivity index (χ0) is 13.1. The molecular weight excluding hydrogens is 238 g/mol. The lowest BCUT2D eigenvalue weighted by Crippen LogP contribution is -2.36. The van der Waals surface area contributed by atoms with Crippen molar-refractivity contribution in [3.8, 4) is 0 Å². The second-order valence-corrected chi connectivity index (χ2v) is 5.00. The van der Waals surface area contributed by atoms with E-state index in [1.807, 2.05) is 30.3 Å². The summed E-state index contributed by atoms with van der Waals surface area (Å²) in [5, 5.41) is 7.28. The molecule has 0 radical (unpaired) electrons.